The first-order valence-corrected chi connectivity index (χ1v) is 6.84. The monoisotopic (exact) mass is 292 g/mol. The van der Waals surface area contributed by atoms with Gasteiger partial charge in [0.25, 0.3) is 0 Å². The molecule has 6 heteroatoms. The summed E-state index contributed by atoms with van der Waals surface area (Å²) in [6.07, 6.45) is 0.533. The van der Waals surface area contributed by atoms with Gasteiger partial charge >= 0.3 is 5.97 Å². The number of aromatic amines is 2. The lowest BCUT2D eigenvalue weighted by Gasteiger charge is -1.92. The van der Waals surface area contributed by atoms with Crippen molar-refractivity contribution in [3.63, 3.8) is 0 Å². The van der Waals surface area contributed by atoms with Crippen LogP contribution in [0.2, 0.25) is 0 Å². The zero-order valence-corrected chi connectivity index (χ0v) is 11.5. The molecule has 4 aromatic rings. The van der Waals surface area contributed by atoms with Crippen LogP contribution in [0.3, 0.4) is 0 Å². The van der Waals surface area contributed by atoms with E-state index in [-0.39, 0.29) is 5.56 Å². The van der Waals surface area contributed by atoms with Gasteiger partial charge in [-0.15, -0.1) is 0 Å². The van der Waals surface area contributed by atoms with Gasteiger partial charge in [-0.2, -0.15) is 0 Å². The van der Waals surface area contributed by atoms with Gasteiger partial charge in [-0.25, -0.2) is 14.8 Å². The van der Waals surface area contributed by atoms with Crippen LogP contribution < -0.4 is 0 Å². The van der Waals surface area contributed by atoms with E-state index >= 15 is 0 Å². The summed E-state index contributed by atoms with van der Waals surface area (Å²) in [7, 11) is 0. The van der Waals surface area contributed by atoms with Crippen molar-refractivity contribution in [1.29, 1.82) is 0 Å². The molecule has 3 N–H and O–H groups in total. The van der Waals surface area contributed by atoms with Gasteiger partial charge in [-0.05, 0) is 30.3 Å². The van der Waals surface area contributed by atoms with E-state index in [0.29, 0.717) is 11.9 Å². The molecule has 0 radical (unpaired) electrons. The molecule has 0 spiro atoms. The summed E-state index contributed by atoms with van der Waals surface area (Å²) in [5.74, 6) is 0.610. The number of nitrogens with one attached hydrogen (secondary N) is 2. The summed E-state index contributed by atoms with van der Waals surface area (Å²) in [6.45, 7) is 0. The highest BCUT2D eigenvalue weighted by Gasteiger charge is 2.10. The van der Waals surface area contributed by atoms with Gasteiger partial charge < -0.3 is 15.1 Å². The molecular weight excluding hydrogens is 280 g/mol. The third-order valence-corrected chi connectivity index (χ3v) is 3.55. The summed E-state index contributed by atoms with van der Waals surface area (Å²) in [4.78, 5) is 26.4. The Morgan fingerprint density at radius 1 is 0.955 bits per heavy atom. The number of benzene rings is 2. The molecule has 0 aliphatic heterocycles. The lowest BCUT2D eigenvalue weighted by molar-refractivity contribution is 0.0697. The van der Waals surface area contributed by atoms with Crippen molar-refractivity contribution in [2.24, 2.45) is 0 Å². The fourth-order valence-electron chi connectivity index (χ4n) is 2.52. The average Bonchev–Trinajstić information content (AvgIpc) is 3.08. The molecule has 108 valence electrons. The first-order valence-electron chi connectivity index (χ1n) is 6.84. The van der Waals surface area contributed by atoms with Crippen molar-refractivity contribution in [1.82, 2.24) is 19.9 Å². The number of aromatic nitrogens is 4. The third-order valence-electron chi connectivity index (χ3n) is 3.55. The highest BCUT2D eigenvalue weighted by Crippen LogP contribution is 2.17. The molecule has 0 amide bonds. The topological polar surface area (TPSA) is 94.7 Å². The molecule has 2 aromatic carbocycles. The second kappa shape index (κ2) is 4.70. The molecule has 0 bridgehead atoms. The summed E-state index contributed by atoms with van der Waals surface area (Å²) >= 11 is 0. The third kappa shape index (κ3) is 2.10. The van der Waals surface area contributed by atoms with E-state index in [9.17, 15) is 4.79 Å². The lowest BCUT2D eigenvalue weighted by atomic mass is 10.2. The predicted octanol–water partition coefficient (Wildman–Crippen LogP) is 2.73. The molecule has 0 unspecified atom stereocenters. The molecule has 0 fully saturated rings. The van der Waals surface area contributed by atoms with Gasteiger partial charge in [-0.1, -0.05) is 12.1 Å². The zero-order chi connectivity index (χ0) is 15.1. The Morgan fingerprint density at radius 2 is 1.64 bits per heavy atom. The van der Waals surface area contributed by atoms with Gasteiger partial charge in [0, 0.05) is 0 Å². The van der Waals surface area contributed by atoms with Crippen LogP contribution in [-0.2, 0) is 6.42 Å². The molecule has 2 aromatic heterocycles. The van der Waals surface area contributed by atoms with Gasteiger partial charge in [-0.3, -0.25) is 0 Å². The summed E-state index contributed by atoms with van der Waals surface area (Å²) < 4.78 is 0. The highest BCUT2D eigenvalue weighted by atomic mass is 16.4. The Hall–Kier alpha value is -3.15. The normalized spacial score (nSPS) is 11.3. The molecule has 0 atom stereocenters. The minimum Gasteiger partial charge on any atom is -0.478 e. The predicted molar refractivity (Wildman–Crippen MR) is 82.0 cm³/mol. The number of imidazole rings is 2. The van der Waals surface area contributed by atoms with E-state index in [1.807, 2.05) is 24.3 Å². The van der Waals surface area contributed by atoms with Crippen LogP contribution in [0.1, 0.15) is 22.0 Å². The van der Waals surface area contributed by atoms with Crippen LogP contribution in [0, 0.1) is 0 Å². The maximum atomic E-state index is 11.0. The fraction of sp³-hybridized carbons (Fsp3) is 0.0625. The van der Waals surface area contributed by atoms with Crippen molar-refractivity contribution < 1.29 is 9.90 Å². The van der Waals surface area contributed by atoms with Gasteiger partial charge in [0.15, 0.2) is 0 Å². The summed E-state index contributed by atoms with van der Waals surface area (Å²) in [6, 6.07) is 12.7. The number of rotatable bonds is 3. The van der Waals surface area contributed by atoms with Crippen LogP contribution in [0.25, 0.3) is 22.1 Å². The first-order chi connectivity index (χ1) is 10.7. The number of fused-ring (bicyclic) bond motifs is 2. The lowest BCUT2D eigenvalue weighted by Crippen LogP contribution is -1.94. The van der Waals surface area contributed by atoms with Crippen molar-refractivity contribution in [3.05, 3.63) is 59.7 Å². The van der Waals surface area contributed by atoms with E-state index in [4.69, 9.17) is 5.11 Å². The average molecular weight is 292 g/mol. The van der Waals surface area contributed by atoms with Crippen LogP contribution in [0.5, 0.6) is 0 Å². The maximum Gasteiger partial charge on any atom is 0.335 e. The molecule has 4 rings (SSSR count). The second-order valence-electron chi connectivity index (χ2n) is 5.10. The Balaban J connectivity index is 1.70. The summed E-state index contributed by atoms with van der Waals surface area (Å²) in [5.41, 5.74) is 3.60. The van der Waals surface area contributed by atoms with Gasteiger partial charge in [0.05, 0.1) is 34.1 Å². The molecular formula is C16H12N4O2. The van der Waals surface area contributed by atoms with E-state index in [2.05, 4.69) is 19.9 Å². The van der Waals surface area contributed by atoms with Crippen LogP contribution >= 0.6 is 0 Å². The largest absolute Gasteiger partial charge is 0.478 e. The minimum absolute atomic E-state index is 0.231. The molecule has 22 heavy (non-hydrogen) atoms. The smallest absolute Gasteiger partial charge is 0.335 e. The van der Waals surface area contributed by atoms with Gasteiger partial charge in [0.2, 0.25) is 0 Å². The number of carbonyl (C=O) groups is 1. The first kappa shape index (κ1) is 12.6. The Morgan fingerprint density at radius 3 is 2.36 bits per heavy atom. The van der Waals surface area contributed by atoms with Crippen molar-refractivity contribution >= 4 is 28.0 Å². The highest BCUT2D eigenvalue weighted by molar-refractivity contribution is 5.92. The maximum absolute atomic E-state index is 11.0. The molecule has 0 saturated heterocycles. The molecule has 0 saturated carbocycles. The number of carboxylic acid groups (broad SMARTS) is 1. The second-order valence-corrected chi connectivity index (χ2v) is 5.10. The zero-order valence-electron chi connectivity index (χ0n) is 11.5. The molecule has 6 nitrogen and oxygen atoms in total. The van der Waals surface area contributed by atoms with Crippen LogP contribution in [0.4, 0.5) is 0 Å². The van der Waals surface area contributed by atoms with Crippen molar-refractivity contribution in [2.75, 3.05) is 0 Å². The number of para-hydroxylation sites is 2. The molecule has 0 aliphatic carbocycles. The van der Waals surface area contributed by atoms with Crippen LogP contribution in [-0.4, -0.2) is 31.0 Å². The standard InChI is InChI=1S/C16H12N4O2/c21-16(22)9-5-6-12-13(7-9)20-15(19-12)8-14-17-10-3-1-2-4-11(10)18-14/h1-7H,8H2,(H,17,18)(H,19,20)(H,21,22). The number of nitrogens with zero attached hydrogens (tertiary/aromatic N) is 2. The van der Waals surface area contributed by atoms with Gasteiger partial charge in [0.1, 0.15) is 11.6 Å². The Kier molecular flexibility index (Phi) is 2.69. The number of hydrogen-bond acceptors (Lipinski definition) is 3. The fourth-order valence-corrected chi connectivity index (χ4v) is 2.52. The van der Waals surface area contributed by atoms with E-state index in [0.717, 1.165) is 28.2 Å². The summed E-state index contributed by atoms with van der Waals surface area (Å²) in [5, 5.41) is 9.01. The molecule has 2 heterocycles. The van der Waals surface area contributed by atoms with Crippen LogP contribution in [0.15, 0.2) is 42.5 Å². The number of aromatic carboxylic acids is 1. The van der Waals surface area contributed by atoms with Crippen molar-refractivity contribution in [2.45, 2.75) is 6.42 Å². The minimum atomic E-state index is -0.955. The van der Waals surface area contributed by atoms with E-state index in [1.54, 1.807) is 18.2 Å². The number of H-pyrrole nitrogens is 2. The Bertz CT molecular complexity index is 967. The SMILES string of the molecule is O=C(O)c1ccc2[nH]c(Cc3nc4ccccc4[nH]3)nc2c1. The number of hydrogen-bond donors (Lipinski definition) is 3. The van der Waals surface area contributed by atoms with Crippen molar-refractivity contribution in [3.8, 4) is 0 Å². The van der Waals surface area contributed by atoms with E-state index < -0.39 is 5.97 Å². The number of carboxylic acids is 1. The Labute approximate surface area is 124 Å². The van der Waals surface area contributed by atoms with E-state index in [1.165, 1.54) is 0 Å². The quantitative estimate of drug-likeness (QED) is 0.541. The molecule has 0 aliphatic rings.